The highest BCUT2D eigenvalue weighted by molar-refractivity contribution is 7.13. The number of rotatable bonds is 6. The molecule has 0 aliphatic rings. The number of hydrogen-bond acceptors (Lipinski definition) is 5. The molecule has 2 aromatic heterocycles. The molecular formula is C19H18N4O2S. The molecule has 132 valence electrons. The number of carbonyl (C=O) groups is 2. The van der Waals surface area contributed by atoms with E-state index in [2.05, 4.69) is 20.6 Å². The van der Waals surface area contributed by atoms with Gasteiger partial charge < -0.3 is 10.6 Å². The summed E-state index contributed by atoms with van der Waals surface area (Å²) in [7, 11) is 0. The Morgan fingerprint density at radius 3 is 2.50 bits per heavy atom. The van der Waals surface area contributed by atoms with Crippen LogP contribution in [0, 0.1) is 0 Å². The molecule has 26 heavy (non-hydrogen) atoms. The first-order chi connectivity index (χ1) is 12.6. The normalized spacial score (nSPS) is 10.3. The Hall–Kier alpha value is -3.06. The van der Waals surface area contributed by atoms with Gasteiger partial charge >= 0.3 is 0 Å². The van der Waals surface area contributed by atoms with Crippen LogP contribution in [0.25, 0.3) is 10.6 Å². The quantitative estimate of drug-likeness (QED) is 0.702. The summed E-state index contributed by atoms with van der Waals surface area (Å²) in [4.78, 5) is 31.6. The van der Waals surface area contributed by atoms with Gasteiger partial charge in [0.25, 0.3) is 0 Å². The molecule has 0 fully saturated rings. The molecule has 0 radical (unpaired) electrons. The number of thiazole rings is 1. The van der Waals surface area contributed by atoms with Crippen molar-refractivity contribution in [2.75, 3.05) is 5.32 Å². The van der Waals surface area contributed by atoms with E-state index in [9.17, 15) is 9.59 Å². The largest absolute Gasteiger partial charge is 0.352 e. The molecule has 1 aromatic carbocycles. The molecule has 2 heterocycles. The van der Waals surface area contributed by atoms with E-state index < -0.39 is 0 Å². The third-order valence-electron chi connectivity index (χ3n) is 3.58. The zero-order valence-corrected chi connectivity index (χ0v) is 15.0. The van der Waals surface area contributed by atoms with E-state index in [0.717, 1.165) is 27.5 Å². The van der Waals surface area contributed by atoms with Crippen LogP contribution in [-0.4, -0.2) is 21.8 Å². The summed E-state index contributed by atoms with van der Waals surface area (Å²) in [6, 6.07) is 11.2. The average molecular weight is 366 g/mol. The van der Waals surface area contributed by atoms with Gasteiger partial charge in [-0.25, -0.2) is 4.98 Å². The van der Waals surface area contributed by atoms with Crippen LogP contribution in [0.3, 0.4) is 0 Å². The smallest absolute Gasteiger partial charge is 0.226 e. The van der Waals surface area contributed by atoms with Crippen LogP contribution >= 0.6 is 11.3 Å². The summed E-state index contributed by atoms with van der Waals surface area (Å²) in [6.07, 6.45) is 3.64. The first kappa shape index (κ1) is 17.8. The van der Waals surface area contributed by atoms with Crippen LogP contribution in [0.5, 0.6) is 0 Å². The minimum absolute atomic E-state index is 0.0698. The SMILES string of the molecule is CC(=O)Nc1ccc(-c2nc(CC(=O)NCc3ccncc3)cs2)cc1. The first-order valence-electron chi connectivity index (χ1n) is 8.08. The van der Waals surface area contributed by atoms with E-state index in [-0.39, 0.29) is 18.2 Å². The van der Waals surface area contributed by atoms with Crippen molar-refractivity contribution in [1.29, 1.82) is 0 Å². The highest BCUT2D eigenvalue weighted by Crippen LogP contribution is 2.25. The van der Waals surface area contributed by atoms with Gasteiger partial charge in [-0.1, -0.05) is 0 Å². The molecule has 0 aliphatic heterocycles. The number of aromatic nitrogens is 2. The van der Waals surface area contributed by atoms with Gasteiger partial charge in [0.05, 0.1) is 12.1 Å². The van der Waals surface area contributed by atoms with Crippen LogP contribution in [0.15, 0.2) is 54.2 Å². The van der Waals surface area contributed by atoms with Crippen LogP contribution in [0.1, 0.15) is 18.2 Å². The molecule has 3 rings (SSSR count). The van der Waals surface area contributed by atoms with E-state index in [1.165, 1.54) is 18.3 Å². The highest BCUT2D eigenvalue weighted by atomic mass is 32.1. The number of anilines is 1. The summed E-state index contributed by atoms with van der Waals surface area (Å²) in [5, 5.41) is 8.35. The summed E-state index contributed by atoms with van der Waals surface area (Å²) >= 11 is 1.49. The molecule has 2 N–H and O–H groups in total. The molecular weight excluding hydrogens is 348 g/mol. The Labute approximate surface area is 155 Å². The van der Waals surface area contributed by atoms with Gasteiger partial charge in [-0.3, -0.25) is 14.6 Å². The number of amides is 2. The minimum atomic E-state index is -0.105. The van der Waals surface area contributed by atoms with Crippen LogP contribution in [0.2, 0.25) is 0 Å². The summed E-state index contributed by atoms with van der Waals surface area (Å²) in [5.74, 6) is -0.174. The number of hydrogen-bond donors (Lipinski definition) is 2. The molecule has 2 amide bonds. The van der Waals surface area contributed by atoms with Crippen LogP contribution in [-0.2, 0) is 22.6 Å². The number of nitrogens with one attached hydrogen (secondary N) is 2. The lowest BCUT2D eigenvalue weighted by Gasteiger charge is -2.04. The average Bonchev–Trinajstić information content (AvgIpc) is 3.09. The van der Waals surface area contributed by atoms with Gasteiger partial charge in [0.2, 0.25) is 11.8 Å². The molecule has 6 nitrogen and oxygen atoms in total. The number of nitrogens with zero attached hydrogens (tertiary/aromatic N) is 2. The van der Waals surface area contributed by atoms with Crippen molar-refractivity contribution in [1.82, 2.24) is 15.3 Å². The molecule has 3 aromatic rings. The lowest BCUT2D eigenvalue weighted by Crippen LogP contribution is -2.24. The number of carbonyl (C=O) groups excluding carboxylic acids is 2. The Bertz CT molecular complexity index is 891. The van der Waals surface area contributed by atoms with E-state index in [1.54, 1.807) is 12.4 Å². The third-order valence-corrected chi connectivity index (χ3v) is 4.52. The fourth-order valence-corrected chi connectivity index (χ4v) is 3.17. The van der Waals surface area contributed by atoms with Crippen LogP contribution in [0.4, 0.5) is 5.69 Å². The second-order valence-electron chi connectivity index (χ2n) is 5.71. The van der Waals surface area contributed by atoms with Crippen LogP contribution < -0.4 is 10.6 Å². The molecule has 7 heteroatoms. The molecule has 0 saturated heterocycles. The molecule has 0 spiro atoms. The molecule has 0 atom stereocenters. The Morgan fingerprint density at radius 2 is 1.81 bits per heavy atom. The van der Waals surface area contributed by atoms with Gasteiger partial charge in [0, 0.05) is 42.5 Å². The summed E-state index contributed by atoms with van der Waals surface area (Å²) in [6.45, 7) is 1.95. The van der Waals surface area contributed by atoms with E-state index in [0.29, 0.717) is 6.54 Å². The van der Waals surface area contributed by atoms with Crippen molar-refractivity contribution >= 4 is 28.8 Å². The maximum absolute atomic E-state index is 12.1. The zero-order valence-electron chi connectivity index (χ0n) is 14.2. The topological polar surface area (TPSA) is 84.0 Å². The van der Waals surface area contributed by atoms with Gasteiger partial charge in [-0.15, -0.1) is 11.3 Å². The van der Waals surface area contributed by atoms with E-state index >= 15 is 0 Å². The Kier molecular flexibility index (Phi) is 5.70. The predicted molar refractivity (Wildman–Crippen MR) is 102 cm³/mol. The molecule has 0 saturated carbocycles. The maximum atomic E-state index is 12.1. The number of pyridine rings is 1. The fraction of sp³-hybridized carbons (Fsp3) is 0.158. The maximum Gasteiger partial charge on any atom is 0.226 e. The number of benzene rings is 1. The first-order valence-corrected chi connectivity index (χ1v) is 8.96. The van der Waals surface area contributed by atoms with Crippen molar-refractivity contribution in [3.05, 3.63) is 65.4 Å². The van der Waals surface area contributed by atoms with Gasteiger partial charge in [-0.2, -0.15) is 0 Å². The molecule has 0 unspecified atom stereocenters. The van der Waals surface area contributed by atoms with Gasteiger partial charge in [-0.05, 0) is 42.0 Å². The predicted octanol–water partition coefficient (Wildman–Crippen LogP) is 3.02. The van der Waals surface area contributed by atoms with E-state index in [1.807, 2.05) is 41.8 Å². The molecule has 0 aliphatic carbocycles. The van der Waals surface area contributed by atoms with Crippen molar-refractivity contribution in [3.63, 3.8) is 0 Å². The van der Waals surface area contributed by atoms with Crippen molar-refractivity contribution in [2.45, 2.75) is 19.9 Å². The highest BCUT2D eigenvalue weighted by Gasteiger charge is 2.09. The van der Waals surface area contributed by atoms with Gasteiger partial charge in [0.1, 0.15) is 5.01 Å². The second kappa shape index (κ2) is 8.35. The Morgan fingerprint density at radius 1 is 1.08 bits per heavy atom. The zero-order chi connectivity index (χ0) is 18.4. The monoisotopic (exact) mass is 366 g/mol. The lowest BCUT2D eigenvalue weighted by molar-refractivity contribution is -0.120. The minimum Gasteiger partial charge on any atom is -0.352 e. The Balaban J connectivity index is 1.57. The summed E-state index contributed by atoms with van der Waals surface area (Å²) < 4.78 is 0. The van der Waals surface area contributed by atoms with Crippen molar-refractivity contribution in [3.8, 4) is 10.6 Å². The lowest BCUT2D eigenvalue weighted by atomic mass is 10.2. The standard InChI is InChI=1S/C19H18N4O2S/c1-13(24)22-16-4-2-15(3-5-16)19-23-17(12-26-19)10-18(25)21-11-14-6-8-20-9-7-14/h2-9,12H,10-11H2,1H3,(H,21,25)(H,22,24). The fourth-order valence-electron chi connectivity index (χ4n) is 2.35. The van der Waals surface area contributed by atoms with Crippen molar-refractivity contribution < 1.29 is 9.59 Å². The van der Waals surface area contributed by atoms with E-state index in [4.69, 9.17) is 0 Å². The second-order valence-corrected chi connectivity index (χ2v) is 6.57. The molecule has 0 bridgehead atoms. The summed E-state index contributed by atoms with van der Waals surface area (Å²) in [5.41, 5.74) is 3.44. The van der Waals surface area contributed by atoms with Gasteiger partial charge in [0.15, 0.2) is 0 Å². The third kappa shape index (κ3) is 4.97. The van der Waals surface area contributed by atoms with Crippen molar-refractivity contribution in [2.24, 2.45) is 0 Å².